The zero-order chi connectivity index (χ0) is 26.5. The summed E-state index contributed by atoms with van der Waals surface area (Å²) in [7, 11) is -3.60. The van der Waals surface area contributed by atoms with Crippen LogP contribution < -0.4 is 15.4 Å². The van der Waals surface area contributed by atoms with Crippen LogP contribution in [-0.2, 0) is 14.8 Å². The van der Waals surface area contributed by atoms with E-state index in [2.05, 4.69) is 35.2 Å². The highest BCUT2D eigenvalue weighted by Crippen LogP contribution is 2.33. The third kappa shape index (κ3) is 6.42. The highest BCUT2D eigenvalue weighted by Gasteiger charge is 2.16. The Kier molecular flexibility index (Phi) is 8.09. The van der Waals surface area contributed by atoms with Crippen molar-refractivity contribution in [2.45, 2.75) is 18.2 Å². The fraction of sp³-hybridized carbons (Fsp3) is 0.320. The number of anilines is 4. The minimum absolute atomic E-state index is 0.200. The van der Waals surface area contributed by atoms with E-state index in [4.69, 9.17) is 4.74 Å². The second-order valence-electron chi connectivity index (χ2n) is 8.84. The number of thiazole rings is 1. The number of ether oxygens (including phenoxy) is 1. The number of fused-ring (bicyclic) bond motifs is 1. The molecule has 0 bridgehead atoms. The van der Waals surface area contributed by atoms with Gasteiger partial charge in [0, 0.05) is 31.0 Å². The molecule has 0 spiro atoms. The molecule has 0 unspecified atom stereocenters. The minimum atomic E-state index is -3.60. The number of hydrogen-bond acceptors (Lipinski definition) is 10. The maximum absolute atomic E-state index is 13.6. The van der Waals surface area contributed by atoms with Gasteiger partial charge in [0.1, 0.15) is 16.8 Å². The van der Waals surface area contributed by atoms with E-state index in [1.165, 1.54) is 23.7 Å². The van der Waals surface area contributed by atoms with Crippen molar-refractivity contribution in [3.8, 4) is 0 Å². The van der Waals surface area contributed by atoms with Gasteiger partial charge >= 0.3 is 0 Å². The van der Waals surface area contributed by atoms with Crippen LogP contribution in [0.25, 0.3) is 10.3 Å². The van der Waals surface area contributed by atoms with Crippen LogP contribution in [0.5, 0.6) is 0 Å². The summed E-state index contributed by atoms with van der Waals surface area (Å²) in [6.07, 6.45) is 2.15. The average molecular weight is 558 g/mol. The monoisotopic (exact) mass is 557 g/mol. The lowest BCUT2D eigenvalue weighted by Crippen LogP contribution is -2.38. The van der Waals surface area contributed by atoms with Crippen LogP contribution in [-0.4, -0.2) is 67.7 Å². The van der Waals surface area contributed by atoms with Crippen LogP contribution in [0.2, 0.25) is 0 Å². The van der Waals surface area contributed by atoms with Gasteiger partial charge in [0.25, 0.3) is 0 Å². The van der Waals surface area contributed by atoms with E-state index >= 15 is 0 Å². The number of benzene rings is 2. The maximum atomic E-state index is 13.6. The zero-order valence-electron chi connectivity index (χ0n) is 20.8. The molecule has 13 heteroatoms. The number of morpholine rings is 1. The van der Waals surface area contributed by atoms with Crippen molar-refractivity contribution < 1.29 is 17.5 Å². The van der Waals surface area contributed by atoms with E-state index in [-0.39, 0.29) is 10.7 Å². The number of nitrogens with zero attached hydrogens (tertiary/aromatic N) is 4. The lowest BCUT2D eigenvalue weighted by Gasteiger charge is -2.26. The van der Waals surface area contributed by atoms with E-state index in [0.29, 0.717) is 40.1 Å². The van der Waals surface area contributed by atoms with Gasteiger partial charge in [-0.05, 0) is 67.9 Å². The summed E-state index contributed by atoms with van der Waals surface area (Å²) in [5.74, 6) is 0.290. The number of halogens is 1. The van der Waals surface area contributed by atoms with E-state index in [0.717, 1.165) is 44.0 Å². The number of hydrogen-bond donors (Lipinski definition) is 3. The molecule has 3 heterocycles. The SMILES string of the molecule is Cc1cc(Nc2ncnc3nc(Nc4ccc(S(=O)(=O)NCCCN5CCOCC5)cc4)sc23)ccc1F. The molecule has 5 rings (SSSR count). The van der Waals surface area contributed by atoms with Crippen LogP contribution in [0.3, 0.4) is 0 Å². The average Bonchev–Trinajstić information content (AvgIpc) is 3.33. The van der Waals surface area contributed by atoms with Gasteiger partial charge < -0.3 is 15.4 Å². The Balaban J connectivity index is 1.21. The van der Waals surface area contributed by atoms with Crippen molar-refractivity contribution in [3.63, 3.8) is 0 Å². The summed E-state index contributed by atoms with van der Waals surface area (Å²) in [6.45, 7) is 6.13. The molecule has 4 aromatic rings. The molecular formula is C25H28FN7O3S2. The van der Waals surface area contributed by atoms with Crippen molar-refractivity contribution in [1.82, 2.24) is 24.6 Å². The fourth-order valence-electron chi connectivity index (χ4n) is 4.01. The van der Waals surface area contributed by atoms with E-state index in [1.807, 2.05) is 0 Å². The van der Waals surface area contributed by atoms with Gasteiger partial charge in [-0.25, -0.2) is 27.5 Å². The van der Waals surface area contributed by atoms with Crippen molar-refractivity contribution >= 4 is 54.0 Å². The van der Waals surface area contributed by atoms with Crippen LogP contribution >= 0.6 is 11.3 Å². The van der Waals surface area contributed by atoms with Crippen LogP contribution in [0.1, 0.15) is 12.0 Å². The van der Waals surface area contributed by atoms with Gasteiger partial charge in [-0.2, -0.15) is 4.98 Å². The van der Waals surface area contributed by atoms with Crippen molar-refractivity contribution in [1.29, 1.82) is 0 Å². The first-order valence-corrected chi connectivity index (χ1v) is 14.5. The van der Waals surface area contributed by atoms with E-state index in [9.17, 15) is 12.8 Å². The molecule has 2 aromatic heterocycles. The Morgan fingerprint density at radius 3 is 2.58 bits per heavy atom. The molecule has 10 nitrogen and oxygen atoms in total. The molecule has 0 aliphatic carbocycles. The standard InChI is InChI=1S/C25H28FN7O3S2/c1-17-15-19(5-8-21(17)26)30-23-22-24(28-16-27-23)32-25(37-22)31-18-3-6-20(7-4-18)38(34,35)29-9-2-10-33-11-13-36-14-12-33/h3-8,15-16,29H,2,9-14H2,1H3,(H2,27,28,30,31,32). The van der Waals surface area contributed by atoms with Crippen LogP contribution in [0.15, 0.2) is 53.7 Å². The molecule has 1 fully saturated rings. The van der Waals surface area contributed by atoms with Crippen molar-refractivity contribution in [2.75, 3.05) is 50.0 Å². The third-order valence-corrected chi connectivity index (χ3v) is 8.52. The van der Waals surface area contributed by atoms with Crippen LogP contribution in [0.4, 0.5) is 26.7 Å². The first kappa shape index (κ1) is 26.4. The number of rotatable bonds is 10. The molecule has 1 aliphatic rings. The Morgan fingerprint density at radius 2 is 1.82 bits per heavy atom. The Hall–Kier alpha value is -3.23. The highest BCUT2D eigenvalue weighted by molar-refractivity contribution is 7.89. The molecule has 0 saturated carbocycles. The lowest BCUT2D eigenvalue weighted by molar-refractivity contribution is 0.0376. The van der Waals surface area contributed by atoms with Crippen molar-refractivity contribution in [3.05, 3.63) is 60.2 Å². The third-order valence-electron chi connectivity index (χ3n) is 6.07. The molecule has 200 valence electrons. The maximum Gasteiger partial charge on any atom is 0.240 e. The number of sulfonamides is 1. The van der Waals surface area contributed by atoms with Gasteiger partial charge in [0.15, 0.2) is 16.6 Å². The van der Waals surface area contributed by atoms with Gasteiger partial charge in [-0.1, -0.05) is 11.3 Å². The topological polar surface area (TPSA) is 121 Å². The molecule has 38 heavy (non-hydrogen) atoms. The molecule has 1 saturated heterocycles. The largest absolute Gasteiger partial charge is 0.379 e. The summed E-state index contributed by atoms with van der Waals surface area (Å²) >= 11 is 1.35. The summed E-state index contributed by atoms with van der Waals surface area (Å²) in [4.78, 5) is 15.5. The second kappa shape index (κ2) is 11.7. The molecule has 1 aliphatic heterocycles. The normalized spacial score (nSPS) is 14.6. The predicted molar refractivity (Wildman–Crippen MR) is 146 cm³/mol. The highest BCUT2D eigenvalue weighted by atomic mass is 32.2. The summed E-state index contributed by atoms with van der Waals surface area (Å²) in [5, 5.41) is 6.98. The predicted octanol–water partition coefficient (Wildman–Crippen LogP) is 4.02. The van der Waals surface area contributed by atoms with E-state index in [1.54, 1.807) is 43.3 Å². The Bertz CT molecular complexity index is 1510. The second-order valence-corrected chi connectivity index (χ2v) is 11.6. The number of aromatic nitrogens is 3. The Morgan fingerprint density at radius 1 is 1.05 bits per heavy atom. The molecule has 0 radical (unpaired) electrons. The summed E-state index contributed by atoms with van der Waals surface area (Å²) in [6, 6.07) is 11.3. The first-order chi connectivity index (χ1) is 18.4. The van der Waals surface area contributed by atoms with Crippen molar-refractivity contribution in [2.24, 2.45) is 0 Å². The molecule has 3 N–H and O–H groups in total. The van der Waals surface area contributed by atoms with E-state index < -0.39 is 10.0 Å². The molecule has 2 aromatic carbocycles. The molecule has 0 amide bonds. The quantitative estimate of drug-likeness (QED) is 0.248. The zero-order valence-corrected chi connectivity index (χ0v) is 22.4. The smallest absolute Gasteiger partial charge is 0.240 e. The lowest BCUT2D eigenvalue weighted by atomic mass is 10.2. The number of nitrogens with one attached hydrogen (secondary N) is 3. The van der Waals surface area contributed by atoms with Gasteiger partial charge in [0.05, 0.1) is 18.1 Å². The molecule has 0 atom stereocenters. The van der Waals surface area contributed by atoms with Gasteiger partial charge in [-0.15, -0.1) is 0 Å². The molecular weight excluding hydrogens is 529 g/mol. The summed E-state index contributed by atoms with van der Waals surface area (Å²) in [5.41, 5.74) is 2.43. The fourth-order valence-corrected chi connectivity index (χ4v) is 5.97. The number of aryl methyl sites for hydroxylation is 1. The first-order valence-electron chi connectivity index (χ1n) is 12.2. The van der Waals surface area contributed by atoms with Crippen LogP contribution in [0, 0.1) is 12.7 Å². The Labute approximate surface area is 224 Å². The van der Waals surface area contributed by atoms with Gasteiger partial charge in [-0.3, -0.25) is 4.90 Å². The minimum Gasteiger partial charge on any atom is -0.379 e. The van der Waals surface area contributed by atoms with Gasteiger partial charge in [0.2, 0.25) is 10.0 Å². The summed E-state index contributed by atoms with van der Waals surface area (Å²) < 4.78 is 47.7.